The fraction of sp³-hybridized carbons (Fsp3) is 0.571. The molecule has 27 heavy (non-hydrogen) atoms. The molecule has 1 aromatic carbocycles. The number of hydrogen-bond acceptors (Lipinski definition) is 4. The Balaban J connectivity index is 1.51. The quantitative estimate of drug-likeness (QED) is 0.832. The van der Waals surface area contributed by atoms with Crippen molar-refractivity contribution < 1.29 is 9.53 Å². The third-order valence-electron chi connectivity index (χ3n) is 5.70. The number of nitrogens with zero attached hydrogens (tertiary/aromatic N) is 4. The van der Waals surface area contributed by atoms with E-state index in [1.165, 1.54) is 19.3 Å². The second kappa shape index (κ2) is 8.21. The number of ether oxygens (including phenoxy) is 1. The Morgan fingerprint density at radius 2 is 2.11 bits per heavy atom. The zero-order chi connectivity index (χ0) is 18.6. The topological polar surface area (TPSA) is 60.2 Å². The fourth-order valence-corrected chi connectivity index (χ4v) is 4.33. The first-order valence-corrected chi connectivity index (χ1v) is 10.1. The standard InChI is InChI=1S/C21H28N4O2/c1-27-15-16-7-5-8-17(13-16)21(26)24-11-6-9-18(14-24)20-23-22-19-10-3-2-4-12-25(19)20/h5,7-8,13,18H,2-4,6,9-12,14-15H2,1H3. The highest BCUT2D eigenvalue weighted by atomic mass is 16.5. The number of carbonyl (C=O) groups is 1. The van der Waals surface area contributed by atoms with Crippen LogP contribution in [0.1, 0.15) is 65.6 Å². The lowest BCUT2D eigenvalue weighted by molar-refractivity contribution is 0.0702. The van der Waals surface area contributed by atoms with Crippen LogP contribution in [-0.4, -0.2) is 45.8 Å². The maximum Gasteiger partial charge on any atom is 0.253 e. The monoisotopic (exact) mass is 368 g/mol. The van der Waals surface area contributed by atoms with Gasteiger partial charge in [0.25, 0.3) is 5.91 Å². The van der Waals surface area contributed by atoms with E-state index in [0.29, 0.717) is 6.61 Å². The second-order valence-corrected chi connectivity index (χ2v) is 7.66. The van der Waals surface area contributed by atoms with Crippen molar-refractivity contribution in [3.8, 4) is 0 Å². The third kappa shape index (κ3) is 3.90. The fourth-order valence-electron chi connectivity index (χ4n) is 4.33. The molecule has 0 saturated carbocycles. The molecule has 4 rings (SSSR count). The first-order valence-electron chi connectivity index (χ1n) is 10.1. The summed E-state index contributed by atoms with van der Waals surface area (Å²) in [6.45, 7) is 3.08. The molecule has 1 aromatic heterocycles. The zero-order valence-electron chi connectivity index (χ0n) is 16.1. The molecule has 2 aliphatic rings. The largest absolute Gasteiger partial charge is 0.380 e. The van der Waals surface area contributed by atoms with Crippen LogP contribution in [0.4, 0.5) is 0 Å². The average molecular weight is 368 g/mol. The molecule has 1 fully saturated rings. The molecule has 1 saturated heterocycles. The van der Waals surface area contributed by atoms with Crippen molar-refractivity contribution in [3.05, 3.63) is 47.0 Å². The van der Waals surface area contributed by atoms with Crippen molar-refractivity contribution in [2.45, 2.75) is 57.6 Å². The first-order chi connectivity index (χ1) is 13.3. The van der Waals surface area contributed by atoms with Gasteiger partial charge >= 0.3 is 0 Å². The van der Waals surface area contributed by atoms with Crippen LogP contribution < -0.4 is 0 Å². The summed E-state index contributed by atoms with van der Waals surface area (Å²) >= 11 is 0. The molecule has 2 aliphatic heterocycles. The summed E-state index contributed by atoms with van der Waals surface area (Å²) in [6, 6.07) is 7.76. The second-order valence-electron chi connectivity index (χ2n) is 7.66. The van der Waals surface area contributed by atoms with Crippen LogP contribution in [0.15, 0.2) is 24.3 Å². The van der Waals surface area contributed by atoms with Gasteiger partial charge < -0.3 is 14.2 Å². The Hall–Kier alpha value is -2.21. The number of aryl methyl sites for hydroxylation is 1. The van der Waals surface area contributed by atoms with Gasteiger partial charge in [-0.3, -0.25) is 4.79 Å². The molecular formula is C21H28N4O2. The molecule has 1 unspecified atom stereocenters. The summed E-state index contributed by atoms with van der Waals surface area (Å²) in [5.41, 5.74) is 1.77. The van der Waals surface area contributed by atoms with Crippen LogP contribution in [0.25, 0.3) is 0 Å². The lowest BCUT2D eigenvalue weighted by Gasteiger charge is -2.32. The van der Waals surface area contributed by atoms with E-state index in [4.69, 9.17) is 4.74 Å². The zero-order valence-corrected chi connectivity index (χ0v) is 16.1. The predicted octanol–water partition coefficient (Wildman–Crippen LogP) is 3.17. The van der Waals surface area contributed by atoms with E-state index in [9.17, 15) is 4.79 Å². The number of likely N-dealkylation sites (tertiary alicyclic amines) is 1. The van der Waals surface area contributed by atoms with Crippen LogP contribution in [0.2, 0.25) is 0 Å². The molecule has 2 aromatic rings. The summed E-state index contributed by atoms with van der Waals surface area (Å²) in [5.74, 6) is 2.59. The highest BCUT2D eigenvalue weighted by Crippen LogP contribution is 2.28. The van der Waals surface area contributed by atoms with Crippen LogP contribution in [0, 0.1) is 0 Å². The number of hydrogen-bond donors (Lipinski definition) is 0. The van der Waals surface area contributed by atoms with Gasteiger partial charge in [-0.1, -0.05) is 18.6 Å². The predicted molar refractivity (Wildman–Crippen MR) is 103 cm³/mol. The molecule has 6 heteroatoms. The summed E-state index contributed by atoms with van der Waals surface area (Å²) in [6.07, 6.45) is 6.76. The summed E-state index contributed by atoms with van der Waals surface area (Å²) in [4.78, 5) is 15.0. The van der Waals surface area contributed by atoms with E-state index < -0.39 is 0 Å². The molecule has 1 amide bonds. The molecule has 3 heterocycles. The minimum atomic E-state index is 0.105. The highest BCUT2D eigenvalue weighted by Gasteiger charge is 2.29. The number of fused-ring (bicyclic) bond motifs is 1. The lowest BCUT2D eigenvalue weighted by atomic mass is 9.96. The number of benzene rings is 1. The number of aromatic nitrogens is 3. The number of carbonyl (C=O) groups excluding carboxylic acids is 1. The van der Waals surface area contributed by atoms with E-state index in [-0.39, 0.29) is 11.8 Å². The van der Waals surface area contributed by atoms with E-state index in [0.717, 1.165) is 61.7 Å². The van der Waals surface area contributed by atoms with Crippen molar-refractivity contribution in [1.82, 2.24) is 19.7 Å². The molecule has 0 N–H and O–H groups in total. The average Bonchev–Trinajstić information content (AvgIpc) is 2.96. The van der Waals surface area contributed by atoms with Crippen molar-refractivity contribution in [2.24, 2.45) is 0 Å². The molecule has 0 aliphatic carbocycles. The van der Waals surface area contributed by atoms with Gasteiger partial charge in [0, 0.05) is 44.6 Å². The Bertz CT molecular complexity index is 801. The van der Waals surface area contributed by atoms with Gasteiger partial charge in [-0.25, -0.2) is 0 Å². The van der Waals surface area contributed by atoms with Crippen LogP contribution in [-0.2, 0) is 24.3 Å². The van der Waals surface area contributed by atoms with Crippen molar-refractivity contribution in [1.29, 1.82) is 0 Å². The van der Waals surface area contributed by atoms with Crippen molar-refractivity contribution in [3.63, 3.8) is 0 Å². The van der Waals surface area contributed by atoms with Crippen LogP contribution in [0.3, 0.4) is 0 Å². The molecule has 144 valence electrons. The first kappa shape index (κ1) is 18.2. The van der Waals surface area contributed by atoms with Gasteiger partial charge in [-0.15, -0.1) is 10.2 Å². The Labute approximate surface area is 160 Å². The number of rotatable bonds is 4. The number of methoxy groups -OCH3 is 1. The molecule has 6 nitrogen and oxygen atoms in total. The summed E-state index contributed by atoms with van der Waals surface area (Å²) in [7, 11) is 1.67. The summed E-state index contributed by atoms with van der Waals surface area (Å²) in [5, 5.41) is 8.97. The lowest BCUT2D eigenvalue weighted by Crippen LogP contribution is -2.39. The highest BCUT2D eigenvalue weighted by molar-refractivity contribution is 5.94. The third-order valence-corrected chi connectivity index (χ3v) is 5.70. The molecule has 0 radical (unpaired) electrons. The Morgan fingerprint density at radius 3 is 3.00 bits per heavy atom. The van der Waals surface area contributed by atoms with Crippen molar-refractivity contribution in [2.75, 3.05) is 20.2 Å². The van der Waals surface area contributed by atoms with Crippen LogP contribution >= 0.6 is 0 Å². The maximum absolute atomic E-state index is 13.1. The maximum atomic E-state index is 13.1. The number of amides is 1. The normalized spacial score (nSPS) is 20.2. The van der Waals surface area contributed by atoms with Crippen molar-refractivity contribution >= 4 is 5.91 Å². The van der Waals surface area contributed by atoms with Gasteiger partial charge in [0.05, 0.1) is 6.61 Å². The van der Waals surface area contributed by atoms with E-state index in [2.05, 4.69) is 14.8 Å². The van der Waals surface area contributed by atoms with Gasteiger partial charge in [0.1, 0.15) is 11.6 Å². The minimum Gasteiger partial charge on any atom is -0.380 e. The van der Waals surface area contributed by atoms with E-state index in [1.54, 1.807) is 7.11 Å². The SMILES string of the molecule is COCc1cccc(C(=O)N2CCCC(c3nnc4n3CCCCC4)C2)c1. The summed E-state index contributed by atoms with van der Waals surface area (Å²) < 4.78 is 7.52. The molecule has 1 atom stereocenters. The van der Waals surface area contributed by atoms with E-state index >= 15 is 0 Å². The number of piperidine rings is 1. The minimum absolute atomic E-state index is 0.105. The van der Waals surface area contributed by atoms with Gasteiger partial charge in [-0.05, 0) is 43.4 Å². The van der Waals surface area contributed by atoms with Crippen LogP contribution in [0.5, 0.6) is 0 Å². The Morgan fingerprint density at radius 1 is 1.19 bits per heavy atom. The molecular weight excluding hydrogens is 340 g/mol. The Kier molecular flexibility index (Phi) is 5.53. The molecule has 0 bridgehead atoms. The smallest absolute Gasteiger partial charge is 0.253 e. The van der Waals surface area contributed by atoms with E-state index in [1.807, 2.05) is 29.2 Å². The van der Waals surface area contributed by atoms with Gasteiger partial charge in [-0.2, -0.15) is 0 Å². The van der Waals surface area contributed by atoms with Gasteiger partial charge in [0.15, 0.2) is 0 Å². The molecule has 0 spiro atoms. The van der Waals surface area contributed by atoms with Gasteiger partial charge in [0.2, 0.25) is 0 Å².